The van der Waals surface area contributed by atoms with Crippen LogP contribution in [0, 0.1) is 0 Å². The highest BCUT2D eigenvalue weighted by atomic mass is 16.5. The highest BCUT2D eigenvalue weighted by Crippen LogP contribution is 2.28. The number of carbonyl (C=O) groups is 1. The van der Waals surface area contributed by atoms with Crippen LogP contribution in [0.1, 0.15) is 24.9 Å². The number of benzene rings is 1. The van der Waals surface area contributed by atoms with E-state index in [0.29, 0.717) is 24.5 Å². The van der Waals surface area contributed by atoms with Gasteiger partial charge in [0.05, 0.1) is 20.1 Å². The number of hydrogen-bond acceptors (Lipinski definition) is 4. The van der Waals surface area contributed by atoms with Gasteiger partial charge in [0.1, 0.15) is 11.5 Å². The lowest BCUT2D eigenvalue weighted by Gasteiger charge is -2.16. The van der Waals surface area contributed by atoms with Crippen molar-refractivity contribution in [3.63, 3.8) is 0 Å². The van der Waals surface area contributed by atoms with Gasteiger partial charge in [-0.05, 0) is 13.0 Å². The van der Waals surface area contributed by atoms with Gasteiger partial charge in [0.15, 0.2) is 0 Å². The molecule has 0 unspecified atom stereocenters. The summed E-state index contributed by atoms with van der Waals surface area (Å²) in [6.45, 7) is 2.21. The number of amides is 1. The molecule has 106 valence electrons. The molecular weight excluding hydrogens is 244 g/mol. The van der Waals surface area contributed by atoms with Crippen molar-refractivity contribution in [3.05, 3.63) is 23.8 Å². The molecule has 0 aliphatic rings. The van der Waals surface area contributed by atoms with E-state index in [1.54, 1.807) is 32.2 Å². The van der Waals surface area contributed by atoms with Gasteiger partial charge in [-0.25, -0.2) is 0 Å². The molecule has 0 saturated carbocycles. The molecule has 0 radical (unpaired) electrons. The molecular formula is C14H22N2O3. The summed E-state index contributed by atoms with van der Waals surface area (Å²) in [5, 5.41) is 0. The van der Waals surface area contributed by atoms with Crippen molar-refractivity contribution in [3.8, 4) is 11.5 Å². The standard InChI is InChI=1S/C14H22N2O3/c1-10(15)12-6-5-11(18-4)9-13(12)19-8-7-14(17)16(2)3/h5-6,9-10H,7-8,15H2,1-4H3/t10-/m0/s1. The maximum absolute atomic E-state index is 11.5. The molecule has 0 heterocycles. The maximum Gasteiger partial charge on any atom is 0.225 e. The predicted octanol–water partition coefficient (Wildman–Crippen LogP) is 1.57. The molecule has 0 fully saturated rings. The Hall–Kier alpha value is -1.75. The van der Waals surface area contributed by atoms with Gasteiger partial charge in [-0.3, -0.25) is 4.79 Å². The molecule has 1 aromatic rings. The van der Waals surface area contributed by atoms with Crippen LogP contribution in [0.2, 0.25) is 0 Å². The molecule has 0 spiro atoms. The van der Waals surface area contributed by atoms with Crippen LogP contribution >= 0.6 is 0 Å². The van der Waals surface area contributed by atoms with E-state index in [1.165, 1.54) is 0 Å². The van der Waals surface area contributed by atoms with E-state index in [0.717, 1.165) is 5.56 Å². The summed E-state index contributed by atoms with van der Waals surface area (Å²) in [5.74, 6) is 1.41. The third-order valence-corrected chi connectivity index (χ3v) is 2.78. The van der Waals surface area contributed by atoms with Gasteiger partial charge in [-0.1, -0.05) is 6.07 Å². The van der Waals surface area contributed by atoms with Crippen LogP contribution in [-0.2, 0) is 4.79 Å². The minimum atomic E-state index is -0.134. The first kappa shape index (κ1) is 15.3. The molecule has 1 rings (SSSR count). The van der Waals surface area contributed by atoms with Gasteiger partial charge in [0.25, 0.3) is 0 Å². The van der Waals surface area contributed by atoms with Crippen LogP contribution in [0.15, 0.2) is 18.2 Å². The highest BCUT2D eigenvalue weighted by molar-refractivity contribution is 5.75. The highest BCUT2D eigenvalue weighted by Gasteiger charge is 2.11. The predicted molar refractivity (Wildman–Crippen MR) is 74.4 cm³/mol. The summed E-state index contributed by atoms with van der Waals surface area (Å²) < 4.78 is 10.8. The Morgan fingerprint density at radius 3 is 2.63 bits per heavy atom. The van der Waals surface area contributed by atoms with E-state index in [1.807, 2.05) is 19.1 Å². The first-order chi connectivity index (χ1) is 8.95. The second-order valence-corrected chi connectivity index (χ2v) is 4.58. The quantitative estimate of drug-likeness (QED) is 0.849. The Morgan fingerprint density at radius 1 is 1.42 bits per heavy atom. The largest absolute Gasteiger partial charge is 0.497 e. The minimum Gasteiger partial charge on any atom is -0.497 e. The molecule has 0 aliphatic carbocycles. The number of nitrogens with two attached hydrogens (primary N) is 1. The van der Waals surface area contributed by atoms with Crippen molar-refractivity contribution >= 4 is 5.91 Å². The summed E-state index contributed by atoms with van der Waals surface area (Å²) in [5.41, 5.74) is 6.79. The Kier molecular flexibility index (Phi) is 5.63. The van der Waals surface area contributed by atoms with Crippen molar-refractivity contribution in [1.82, 2.24) is 4.90 Å². The van der Waals surface area contributed by atoms with Gasteiger partial charge < -0.3 is 20.1 Å². The average molecular weight is 266 g/mol. The third-order valence-electron chi connectivity index (χ3n) is 2.78. The van der Waals surface area contributed by atoms with Gasteiger partial charge >= 0.3 is 0 Å². The minimum absolute atomic E-state index is 0.0326. The zero-order valence-electron chi connectivity index (χ0n) is 12.0. The number of rotatable bonds is 6. The van der Waals surface area contributed by atoms with Crippen molar-refractivity contribution in [2.45, 2.75) is 19.4 Å². The van der Waals surface area contributed by atoms with Gasteiger partial charge in [-0.15, -0.1) is 0 Å². The molecule has 2 N–H and O–H groups in total. The normalized spacial score (nSPS) is 11.8. The molecule has 1 amide bonds. The molecule has 0 aliphatic heterocycles. The summed E-state index contributed by atoms with van der Waals surface area (Å²) >= 11 is 0. The van der Waals surface area contributed by atoms with Crippen LogP contribution in [-0.4, -0.2) is 38.6 Å². The van der Waals surface area contributed by atoms with Gasteiger partial charge in [0, 0.05) is 31.8 Å². The Morgan fingerprint density at radius 2 is 2.11 bits per heavy atom. The maximum atomic E-state index is 11.5. The van der Waals surface area contributed by atoms with Crippen LogP contribution in [0.25, 0.3) is 0 Å². The second kappa shape index (κ2) is 6.99. The van der Waals surface area contributed by atoms with Gasteiger partial charge in [0.2, 0.25) is 5.91 Å². The van der Waals surface area contributed by atoms with E-state index >= 15 is 0 Å². The van der Waals surface area contributed by atoms with Gasteiger partial charge in [-0.2, -0.15) is 0 Å². The zero-order valence-corrected chi connectivity index (χ0v) is 12.0. The fourth-order valence-corrected chi connectivity index (χ4v) is 1.61. The molecule has 5 heteroatoms. The summed E-state index contributed by atoms with van der Waals surface area (Å²) in [6, 6.07) is 5.38. The SMILES string of the molecule is COc1ccc([C@H](C)N)c(OCCC(=O)N(C)C)c1. The number of hydrogen-bond donors (Lipinski definition) is 1. The molecule has 1 atom stereocenters. The van der Waals surface area contributed by atoms with E-state index in [-0.39, 0.29) is 11.9 Å². The van der Waals surface area contributed by atoms with E-state index < -0.39 is 0 Å². The van der Waals surface area contributed by atoms with Crippen molar-refractivity contribution in [1.29, 1.82) is 0 Å². The molecule has 0 bridgehead atoms. The monoisotopic (exact) mass is 266 g/mol. The number of nitrogens with zero attached hydrogens (tertiary/aromatic N) is 1. The van der Waals surface area contributed by atoms with Crippen LogP contribution < -0.4 is 15.2 Å². The summed E-state index contributed by atoms with van der Waals surface area (Å²) in [7, 11) is 5.04. The Balaban J connectivity index is 2.72. The summed E-state index contributed by atoms with van der Waals surface area (Å²) in [4.78, 5) is 13.0. The van der Waals surface area contributed by atoms with Crippen molar-refractivity contribution in [2.24, 2.45) is 5.73 Å². The fourth-order valence-electron chi connectivity index (χ4n) is 1.61. The van der Waals surface area contributed by atoms with E-state index in [9.17, 15) is 4.79 Å². The first-order valence-electron chi connectivity index (χ1n) is 6.22. The van der Waals surface area contributed by atoms with Crippen LogP contribution in [0.4, 0.5) is 0 Å². The lowest BCUT2D eigenvalue weighted by Crippen LogP contribution is -2.23. The zero-order chi connectivity index (χ0) is 14.4. The molecule has 0 aromatic heterocycles. The topological polar surface area (TPSA) is 64.8 Å². The average Bonchev–Trinajstić information content (AvgIpc) is 2.37. The molecule has 1 aromatic carbocycles. The van der Waals surface area contributed by atoms with E-state index in [2.05, 4.69) is 0 Å². The second-order valence-electron chi connectivity index (χ2n) is 4.58. The number of ether oxygens (including phenoxy) is 2. The molecule has 5 nitrogen and oxygen atoms in total. The Labute approximate surface area is 114 Å². The lowest BCUT2D eigenvalue weighted by atomic mass is 10.1. The molecule has 0 saturated heterocycles. The van der Waals surface area contributed by atoms with Crippen molar-refractivity contribution < 1.29 is 14.3 Å². The smallest absolute Gasteiger partial charge is 0.225 e. The lowest BCUT2D eigenvalue weighted by molar-refractivity contribution is -0.129. The van der Waals surface area contributed by atoms with Crippen LogP contribution in [0.3, 0.4) is 0 Å². The molecule has 19 heavy (non-hydrogen) atoms. The summed E-state index contributed by atoms with van der Waals surface area (Å²) in [6.07, 6.45) is 0.336. The fraction of sp³-hybridized carbons (Fsp3) is 0.500. The first-order valence-corrected chi connectivity index (χ1v) is 6.22. The Bertz CT molecular complexity index is 431. The third kappa shape index (κ3) is 4.44. The van der Waals surface area contributed by atoms with E-state index in [4.69, 9.17) is 15.2 Å². The van der Waals surface area contributed by atoms with Crippen LogP contribution in [0.5, 0.6) is 11.5 Å². The number of methoxy groups -OCH3 is 1. The number of carbonyl (C=O) groups excluding carboxylic acids is 1. The van der Waals surface area contributed by atoms with Crippen molar-refractivity contribution in [2.75, 3.05) is 27.8 Å².